The maximum atomic E-state index is 2.47. The molecule has 6 aromatic carbocycles. The predicted molar refractivity (Wildman–Crippen MR) is 172 cm³/mol. The Morgan fingerprint density at radius 1 is 0.366 bits per heavy atom. The van der Waals surface area contributed by atoms with Crippen LogP contribution in [0, 0.1) is 0 Å². The quantitative estimate of drug-likeness (QED) is 0.215. The summed E-state index contributed by atoms with van der Waals surface area (Å²) in [7, 11) is 0. The van der Waals surface area contributed by atoms with Crippen molar-refractivity contribution < 1.29 is 0 Å². The van der Waals surface area contributed by atoms with Crippen molar-refractivity contribution in [3.63, 3.8) is 0 Å². The van der Waals surface area contributed by atoms with E-state index >= 15 is 0 Å². The van der Waals surface area contributed by atoms with E-state index in [0.717, 1.165) is 0 Å². The minimum Gasteiger partial charge on any atom is -0.315 e. The number of para-hydroxylation sites is 4. The van der Waals surface area contributed by atoms with Gasteiger partial charge >= 0.3 is 0 Å². The summed E-state index contributed by atoms with van der Waals surface area (Å²) in [6.07, 6.45) is 2.25. The van der Waals surface area contributed by atoms with Crippen molar-refractivity contribution in [2.24, 2.45) is 0 Å². The van der Waals surface area contributed by atoms with Crippen LogP contribution >= 0.6 is 0 Å². The Kier molecular flexibility index (Phi) is 3.93. The predicted octanol–water partition coefficient (Wildman–Crippen LogP) is 9.88. The zero-order valence-corrected chi connectivity index (χ0v) is 22.1. The van der Waals surface area contributed by atoms with Crippen molar-refractivity contribution >= 4 is 70.8 Å². The minimum absolute atomic E-state index is 1.18. The molecule has 0 saturated heterocycles. The van der Waals surface area contributed by atoms with E-state index in [0.29, 0.717) is 0 Å². The van der Waals surface area contributed by atoms with Crippen molar-refractivity contribution in [2.45, 2.75) is 0 Å². The molecule has 0 aliphatic rings. The first-order valence-electron chi connectivity index (χ1n) is 14.1. The molecular weight excluding hydrogens is 498 g/mol. The highest BCUT2D eigenvalue weighted by Crippen LogP contribution is 2.47. The van der Waals surface area contributed by atoms with Gasteiger partial charge in [0.25, 0.3) is 0 Å². The van der Waals surface area contributed by atoms with Crippen molar-refractivity contribution in [1.29, 1.82) is 0 Å². The van der Waals surface area contributed by atoms with Gasteiger partial charge in [-0.1, -0.05) is 72.8 Å². The molecular formula is C38H23N3. The lowest BCUT2D eigenvalue weighted by Crippen LogP contribution is -1.94. The molecule has 0 radical (unpaired) electrons. The van der Waals surface area contributed by atoms with Crippen LogP contribution in [0.4, 0.5) is 0 Å². The van der Waals surface area contributed by atoms with Crippen LogP contribution in [0.15, 0.2) is 140 Å². The third kappa shape index (κ3) is 2.59. The van der Waals surface area contributed by atoms with E-state index in [1.54, 1.807) is 0 Å². The summed E-state index contributed by atoms with van der Waals surface area (Å²) in [4.78, 5) is 0. The van der Waals surface area contributed by atoms with E-state index in [1.165, 1.54) is 82.2 Å². The number of nitrogens with zero attached hydrogens (tertiary/aromatic N) is 3. The van der Waals surface area contributed by atoms with Crippen molar-refractivity contribution in [1.82, 2.24) is 13.5 Å². The number of hydrogen-bond donors (Lipinski definition) is 0. The highest BCUT2D eigenvalue weighted by molar-refractivity contribution is 6.37. The molecule has 0 N–H and O–H groups in total. The Morgan fingerprint density at radius 3 is 1.73 bits per heavy atom. The molecule has 0 aliphatic heterocycles. The third-order valence-electron chi connectivity index (χ3n) is 8.96. The lowest BCUT2D eigenvalue weighted by molar-refractivity contribution is 1.18. The molecule has 0 atom stereocenters. The lowest BCUT2D eigenvalue weighted by atomic mass is 10.0. The Hall–Kier alpha value is -5.54. The molecule has 3 nitrogen and oxygen atoms in total. The van der Waals surface area contributed by atoms with Gasteiger partial charge in [-0.2, -0.15) is 0 Å². The highest BCUT2D eigenvalue weighted by atomic mass is 15.0. The van der Waals surface area contributed by atoms with Crippen LogP contribution in [0.2, 0.25) is 0 Å². The molecule has 0 aliphatic carbocycles. The maximum Gasteiger partial charge on any atom is 0.0642 e. The van der Waals surface area contributed by atoms with Gasteiger partial charge in [-0.15, -0.1) is 0 Å². The fraction of sp³-hybridized carbons (Fsp3) is 0. The van der Waals surface area contributed by atoms with Crippen LogP contribution in [0.3, 0.4) is 0 Å². The third-order valence-corrected chi connectivity index (χ3v) is 8.96. The van der Waals surface area contributed by atoms with Gasteiger partial charge in [-0.3, -0.25) is 0 Å². The number of aromatic nitrogens is 3. The molecule has 0 fully saturated rings. The fourth-order valence-electron chi connectivity index (χ4n) is 7.40. The summed E-state index contributed by atoms with van der Waals surface area (Å²) >= 11 is 0. The molecule has 0 saturated carbocycles. The van der Waals surface area contributed by atoms with Crippen molar-refractivity contribution in [3.8, 4) is 11.4 Å². The van der Waals surface area contributed by atoms with Crippen LogP contribution < -0.4 is 0 Å². The minimum atomic E-state index is 1.18. The van der Waals surface area contributed by atoms with Gasteiger partial charge in [-0.05, 0) is 60.7 Å². The second kappa shape index (κ2) is 7.56. The number of benzene rings is 6. The van der Waals surface area contributed by atoms with Gasteiger partial charge in [0, 0.05) is 55.3 Å². The van der Waals surface area contributed by atoms with E-state index in [1.807, 2.05) is 0 Å². The molecule has 0 unspecified atom stereocenters. The molecule has 41 heavy (non-hydrogen) atoms. The number of fused-ring (bicyclic) bond motifs is 11. The molecule has 10 aromatic rings. The first-order valence-corrected chi connectivity index (χ1v) is 14.1. The lowest BCUT2D eigenvalue weighted by Gasteiger charge is -2.09. The van der Waals surface area contributed by atoms with Gasteiger partial charge < -0.3 is 13.5 Å². The Labute approximate surface area is 235 Å². The average molecular weight is 522 g/mol. The summed E-state index contributed by atoms with van der Waals surface area (Å²) in [5.41, 5.74) is 9.86. The monoisotopic (exact) mass is 521 g/mol. The van der Waals surface area contributed by atoms with Crippen molar-refractivity contribution in [3.05, 3.63) is 140 Å². The second-order valence-corrected chi connectivity index (χ2v) is 11.0. The Balaban J connectivity index is 1.54. The van der Waals surface area contributed by atoms with E-state index in [2.05, 4.69) is 153 Å². The van der Waals surface area contributed by atoms with E-state index in [-0.39, 0.29) is 0 Å². The first-order chi connectivity index (χ1) is 20.4. The molecule has 4 heterocycles. The zero-order chi connectivity index (χ0) is 26.7. The van der Waals surface area contributed by atoms with Crippen LogP contribution in [0.5, 0.6) is 0 Å². The Bertz CT molecular complexity index is 2610. The Morgan fingerprint density at radius 2 is 0.976 bits per heavy atom. The summed E-state index contributed by atoms with van der Waals surface area (Å²) in [6.45, 7) is 0. The topological polar surface area (TPSA) is 14.3 Å². The first kappa shape index (κ1) is 21.3. The molecule has 0 bridgehead atoms. The van der Waals surface area contributed by atoms with Crippen LogP contribution in [0.1, 0.15) is 0 Å². The molecule has 4 aromatic heterocycles. The molecule has 190 valence electrons. The van der Waals surface area contributed by atoms with E-state index in [4.69, 9.17) is 0 Å². The maximum absolute atomic E-state index is 2.47. The van der Waals surface area contributed by atoms with Crippen LogP contribution in [-0.4, -0.2) is 13.5 Å². The largest absolute Gasteiger partial charge is 0.315 e. The van der Waals surface area contributed by atoms with Gasteiger partial charge in [0.2, 0.25) is 0 Å². The summed E-state index contributed by atoms with van der Waals surface area (Å²) in [5.74, 6) is 0. The van der Waals surface area contributed by atoms with Crippen LogP contribution in [0.25, 0.3) is 82.2 Å². The molecule has 0 spiro atoms. The number of hydrogen-bond acceptors (Lipinski definition) is 0. The molecule has 10 rings (SSSR count). The highest BCUT2D eigenvalue weighted by Gasteiger charge is 2.24. The molecule has 3 heteroatoms. The normalized spacial score (nSPS) is 12.4. The van der Waals surface area contributed by atoms with Gasteiger partial charge in [-0.25, -0.2) is 0 Å². The summed E-state index contributed by atoms with van der Waals surface area (Å²) in [6, 6.07) is 48.5. The van der Waals surface area contributed by atoms with Crippen LogP contribution in [-0.2, 0) is 0 Å². The second-order valence-electron chi connectivity index (χ2n) is 11.0. The van der Waals surface area contributed by atoms with Gasteiger partial charge in [0.1, 0.15) is 0 Å². The van der Waals surface area contributed by atoms with Gasteiger partial charge in [0.15, 0.2) is 0 Å². The SMILES string of the molecule is c1ccc(-n2c3ccccc3c3c4c5c6c(cc7ccn(c4ccc32)c75)c2ccccc2n6-c2ccccc2)cc1. The molecule has 0 amide bonds. The number of rotatable bonds is 2. The average Bonchev–Trinajstić information content (AvgIpc) is 3.77. The van der Waals surface area contributed by atoms with E-state index < -0.39 is 0 Å². The zero-order valence-electron chi connectivity index (χ0n) is 22.1. The smallest absolute Gasteiger partial charge is 0.0642 e. The summed E-state index contributed by atoms with van der Waals surface area (Å²) in [5, 5.41) is 9.08. The van der Waals surface area contributed by atoms with Crippen molar-refractivity contribution in [2.75, 3.05) is 0 Å². The fourth-order valence-corrected chi connectivity index (χ4v) is 7.40. The standard InChI is InChI=1S/C38H23N3/c1-3-11-25(12-4-1)40-31-18-10-8-16-28(31)34-33(40)20-19-32-35(34)36-37-24(21-22-39(32)37)23-29-27-15-7-9-17-30(27)41(38(29)36)26-13-5-2-6-14-26/h1-23H. The van der Waals surface area contributed by atoms with E-state index in [9.17, 15) is 0 Å². The summed E-state index contributed by atoms with van der Waals surface area (Å²) < 4.78 is 7.30. The van der Waals surface area contributed by atoms with Gasteiger partial charge in [0.05, 0.1) is 33.1 Å².